The molecule has 5 aliphatic rings. The van der Waals surface area contributed by atoms with Crippen molar-refractivity contribution in [2.75, 3.05) is 7.05 Å². The molecule has 0 bridgehead atoms. The van der Waals surface area contributed by atoms with Crippen LogP contribution in [0.5, 0.6) is 0 Å². The lowest BCUT2D eigenvalue weighted by atomic mass is 9.77. The molecule has 4 aliphatic carbocycles. The van der Waals surface area contributed by atoms with Gasteiger partial charge in [-0.3, -0.25) is 4.90 Å². The van der Waals surface area contributed by atoms with E-state index in [-0.39, 0.29) is 0 Å². The fourth-order valence-corrected chi connectivity index (χ4v) is 17.7. The van der Waals surface area contributed by atoms with Gasteiger partial charge in [0.1, 0.15) is 0 Å². The van der Waals surface area contributed by atoms with Gasteiger partial charge in [0.05, 0.1) is 8.07 Å². The first-order valence-electron chi connectivity index (χ1n) is 13.5. The van der Waals surface area contributed by atoms with Crippen LogP contribution in [0.3, 0.4) is 0 Å². The first-order valence-corrected chi connectivity index (χ1v) is 16.6. The molecule has 0 aromatic rings. The highest BCUT2D eigenvalue weighted by Gasteiger charge is 2.66. The van der Waals surface area contributed by atoms with Gasteiger partial charge in [-0.15, -0.1) is 0 Å². The molecular weight excluding hydrogens is 366 g/mol. The molecule has 1 heterocycles. The minimum Gasteiger partial charge on any atom is -0.300 e. The number of likely N-dealkylation sites (tertiary alicyclic amines) is 1. The molecule has 5 fully saturated rings. The monoisotopic (exact) mass is 415 g/mol. The minimum atomic E-state index is -1.37. The summed E-state index contributed by atoms with van der Waals surface area (Å²) in [5.41, 5.74) is 2.16. The standard InChI is InChI=1S/C27H49NSi/c1-16-17(2)19(4)26(18(16)3)29(6,7)27-21-13-9-8-12-20(21)25-24(27)22-14-10-11-15-23(22)28(25)5/h16-27H,8-15H2,1-7H3. The lowest BCUT2D eigenvalue weighted by Gasteiger charge is -2.48. The average molecular weight is 416 g/mol. The number of nitrogens with zero attached hydrogens (tertiary/aromatic N) is 1. The van der Waals surface area contributed by atoms with Gasteiger partial charge in [-0.25, -0.2) is 0 Å². The van der Waals surface area contributed by atoms with E-state index < -0.39 is 8.07 Å². The molecule has 4 saturated carbocycles. The Morgan fingerprint density at radius 3 is 1.76 bits per heavy atom. The first kappa shape index (κ1) is 21.0. The zero-order valence-electron chi connectivity index (χ0n) is 20.5. The summed E-state index contributed by atoms with van der Waals surface area (Å²) in [6, 6.07) is 1.89. The fraction of sp³-hybridized carbons (Fsp3) is 1.00. The first-order chi connectivity index (χ1) is 13.8. The molecule has 0 aromatic heterocycles. The zero-order valence-corrected chi connectivity index (χ0v) is 21.5. The van der Waals surface area contributed by atoms with Crippen molar-refractivity contribution >= 4 is 8.07 Å². The molecule has 0 spiro atoms. The second-order valence-corrected chi connectivity index (χ2v) is 18.1. The summed E-state index contributed by atoms with van der Waals surface area (Å²) in [5.74, 6) is 7.98. The summed E-state index contributed by atoms with van der Waals surface area (Å²) in [6.45, 7) is 16.3. The van der Waals surface area contributed by atoms with Crippen molar-refractivity contribution in [3.05, 3.63) is 0 Å². The van der Waals surface area contributed by atoms with E-state index in [1.807, 2.05) is 0 Å². The lowest BCUT2D eigenvalue weighted by molar-refractivity contribution is 0.119. The molecule has 0 amide bonds. The Bertz CT molecular complexity index is 600. The number of fused-ring (bicyclic) bond motifs is 5. The molecule has 1 nitrogen and oxygen atoms in total. The van der Waals surface area contributed by atoms with E-state index in [4.69, 9.17) is 0 Å². The van der Waals surface area contributed by atoms with Gasteiger partial charge in [0.2, 0.25) is 0 Å². The molecule has 1 saturated heterocycles. The zero-order chi connectivity index (χ0) is 20.7. The molecule has 29 heavy (non-hydrogen) atoms. The number of hydrogen-bond donors (Lipinski definition) is 0. The molecule has 1 aliphatic heterocycles. The van der Waals surface area contributed by atoms with Gasteiger partial charge >= 0.3 is 0 Å². The van der Waals surface area contributed by atoms with Gasteiger partial charge in [-0.05, 0) is 84.7 Å². The molecule has 166 valence electrons. The van der Waals surface area contributed by atoms with Crippen LogP contribution >= 0.6 is 0 Å². The third-order valence-electron chi connectivity index (χ3n) is 12.2. The summed E-state index contributed by atoms with van der Waals surface area (Å²) in [5, 5.41) is 0. The van der Waals surface area contributed by atoms with Crippen molar-refractivity contribution in [1.82, 2.24) is 4.90 Å². The summed E-state index contributed by atoms with van der Waals surface area (Å²) in [7, 11) is 1.18. The number of rotatable bonds is 2. The molecule has 11 atom stereocenters. The maximum atomic E-state index is 2.98. The van der Waals surface area contributed by atoms with E-state index in [0.29, 0.717) is 0 Å². The van der Waals surface area contributed by atoms with Crippen LogP contribution in [-0.4, -0.2) is 32.1 Å². The highest BCUT2D eigenvalue weighted by Crippen LogP contribution is 2.68. The summed E-state index contributed by atoms with van der Waals surface area (Å²) >= 11 is 0. The van der Waals surface area contributed by atoms with Crippen LogP contribution in [0.25, 0.3) is 0 Å². The highest BCUT2D eigenvalue weighted by molar-refractivity contribution is 6.80. The third kappa shape index (κ3) is 2.86. The Labute approximate surface area is 182 Å². The second-order valence-electron chi connectivity index (χ2n) is 13.2. The fourth-order valence-electron chi connectivity index (χ4n) is 11.0. The van der Waals surface area contributed by atoms with Gasteiger partial charge in [-0.1, -0.05) is 72.9 Å². The third-order valence-corrected chi connectivity index (χ3v) is 17.5. The highest BCUT2D eigenvalue weighted by atomic mass is 28.3. The molecule has 5 rings (SSSR count). The Balaban J connectivity index is 1.55. The van der Waals surface area contributed by atoms with Crippen molar-refractivity contribution in [3.8, 4) is 0 Å². The van der Waals surface area contributed by atoms with Crippen LogP contribution in [0.2, 0.25) is 24.2 Å². The lowest BCUT2D eigenvalue weighted by Crippen LogP contribution is -2.48. The average Bonchev–Trinajstić information content (AvgIpc) is 3.27. The van der Waals surface area contributed by atoms with E-state index in [0.717, 1.165) is 70.5 Å². The maximum absolute atomic E-state index is 2.98. The Morgan fingerprint density at radius 2 is 1.14 bits per heavy atom. The Kier molecular flexibility index (Phi) is 5.34. The van der Waals surface area contributed by atoms with Crippen LogP contribution in [0.4, 0.5) is 0 Å². The van der Waals surface area contributed by atoms with E-state index in [1.165, 1.54) is 32.1 Å². The predicted octanol–water partition coefficient (Wildman–Crippen LogP) is 7.30. The topological polar surface area (TPSA) is 3.24 Å². The second kappa shape index (κ2) is 7.36. The molecular formula is C27H49NSi. The SMILES string of the molecule is CC1C(C)C(C)C([Si](C)(C)C2C3CCCCC3C3C2C2CCCCC2N3C)C1C. The van der Waals surface area contributed by atoms with E-state index in [2.05, 4.69) is 52.7 Å². The van der Waals surface area contributed by atoms with Crippen molar-refractivity contribution < 1.29 is 0 Å². The van der Waals surface area contributed by atoms with Crippen molar-refractivity contribution in [2.45, 2.75) is 115 Å². The van der Waals surface area contributed by atoms with Gasteiger partial charge in [0, 0.05) is 12.1 Å². The van der Waals surface area contributed by atoms with Gasteiger partial charge < -0.3 is 0 Å². The normalized spacial score (nSPS) is 55.6. The van der Waals surface area contributed by atoms with Crippen LogP contribution in [0, 0.1) is 47.3 Å². The van der Waals surface area contributed by atoms with Crippen LogP contribution in [0.1, 0.15) is 79.1 Å². The van der Waals surface area contributed by atoms with Gasteiger partial charge in [0.15, 0.2) is 0 Å². The summed E-state index contributed by atoms with van der Waals surface area (Å²) in [4.78, 5) is 2.98. The molecule has 11 unspecified atom stereocenters. The molecule has 0 N–H and O–H groups in total. The largest absolute Gasteiger partial charge is 0.300 e. The summed E-state index contributed by atoms with van der Waals surface area (Å²) < 4.78 is 0. The quantitative estimate of drug-likeness (QED) is 0.427. The smallest absolute Gasteiger partial charge is 0.0547 e. The number of hydrogen-bond acceptors (Lipinski definition) is 1. The van der Waals surface area contributed by atoms with Crippen molar-refractivity contribution in [3.63, 3.8) is 0 Å². The predicted molar refractivity (Wildman–Crippen MR) is 128 cm³/mol. The van der Waals surface area contributed by atoms with Crippen LogP contribution in [-0.2, 0) is 0 Å². The minimum absolute atomic E-state index is 0.926. The molecule has 0 radical (unpaired) electrons. The molecule has 0 aromatic carbocycles. The van der Waals surface area contributed by atoms with Crippen LogP contribution in [0.15, 0.2) is 0 Å². The van der Waals surface area contributed by atoms with Crippen molar-refractivity contribution in [1.29, 1.82) is 0 Å². The Morgan fingerprint density at radius 1 is 0.621 bits per heavy atom. The maximum Gasteiger partial charge on any atom is 0.0547 e. The van der Waals surface area contributed by atoms with Gasteiger partial charge in [0.25, 0.3) is 0 Å². The van der Waals surface area contributed by atoms with Gasteiger partial charge in [-0.2, -0.15) is 0 Å². The van der Waals surface area contributed by atoms with E-state index in [9.17, 15) is 0 Å². The van der Waals surface area contributed by atoms with E-state index >= 15 is 0 Å². The van der Waals surface area contributed by atoms with Crippen LogP contribution < -0.4 is 0 Å². The summed E-state index contributed by atoms with van der Waals surface area (Å²) in [6.07, 6.45) is 12.3. The van der Waals surface area contributed by atoms with E-state index in [1.54, 1.807) is 19.3 Å². The molecule has 2 heteroatoms. The Hall–Kier alpha value is 0.177. The van der Waals surface area contributed by atoms with Crippen molar-refractivity contribution in [2.24, 2.45) is 47.3 Å².